The Labute approximate surface area is 205 Å². The summed E-state index contributed by atoms with van der Waals surface area (Å²) in [6.45, 7) is 15.2. The lowest BCUT2D eigenvalue weighted by atomic mass is 9.89. The van der Waals surface area contributed by atoms with Gasteiger partial charge in [-0.05, 0) is 118 Å². The van der Waals surface area contributed by atoms with E-state index < -0.39 is 0 Å². The van der Waals surface area contributed by atoms with Crippen LogP contribution in [0.3, 0.4) is 0 Å². The van der Waals surface area contributed by atoms with Gasteiger partial charge in [0.05, 0.1) is 6.61 Å². The molecule has 0 N–H and O–H groups in total. The van der Waals surface area contributed by atoms with E-state index in [1.54, 1.807) is 0 Å². The van der Waals surface area contributed by atoms with E-state index in [2.05, 4.69) is 69.9 Å². The van der Waals surface area contributed by atoms with Crippen molar-refractivity contribution >= 4 is 0 Å². The first kappa shape index (κ1) is 24.3. The number of para-hydroxylation sites is 1. The number of nitrogens with zero attached hydrogens (tertiary/aromatic N) is 1. The van der Waals surface area contributed by atoms with Crippen molar-refractivity contribution in [1.29, 1.82) is 0 Å². The second-order valence-corrected chi connectivity index (χ2v) is 10.0. The van der Waals surface area contributed by atoms with Crippen LogP contribution < -0.4 is 9.47 Å². The Morgan fingerprint density at radius 1 is 0.824 bits per heavy atom. The standard InChI is InChI=1S/C31H39NO2/c1-22(21-33-31-19-23(2)24(3)25(4)26(31)5)20-32-17-15-28(16-18-32)27-11-13-30(14-12-27)34-29-9-7-6-8-10-29/h6-14,19,22,28H,15-18,20-21H2,1-5H3. The molecule has 1 unspecified atom stereocenters. The van der Waals surface area contributed by atoms with E-state index in [0.29, 0.717) is 11.8 Å². The Balaban J connectivity index is 1.23. The Hall–Kier alpha value is -2.78. The van der Waals surface area contributed by atoms with E-state index in [9.17, 15) is 0 Å². The van der Waals surface area contributed by atoms with Crippen LogP contribution in [-0.4, -0.2) is 31.1 Å². The summed E-state index contributed by atoms with van der Waals surface area (Å²) in [5, 5.41) is 0. The van der Waals surface area contributed by atoms with Crippen molar-refractivity contribution in [3.05, 3.63) is 88.5 Å². The summed E-state index contributed by atoms with van der Waals surface area (Å²) in [5.74, 6) is 3.97. The zero-order chi connectivity index (χ0) is 24.1. The molecule has 0 aromatic heterocycles. The van der Waals surface area contributed by atoms with Gasteiger partial charge in [-0.2, -0.15) is 0 Å². The second kappa shape index (κ2) is 11.1. The third-order valence-corrected chi connectivity index (χ3v) is 7.44. The van der Waals surface area contributed by atoms with Gasteiger partial charge in [-0.1, -0.05) is 37.3 Å². The van der Waals surface area contributed by atoms with Gasteiger partial charge in [0.25, 0.3) is 0 Å². The molecule has 0 saturated carbocycles. The van der Waals surface area contributed by atoms with Gasteiger partial charge in [0.1, 0.15) is 17.2 Å². The monoisotopic (exact) mass is 457 g/mol. The van der Waals surface area contributed by atoms with E-state index in [-0.39, 0.29) is 0 Å². The second-order valence-electron chi connectivity index (χ2n) is 10.0. The Kier molecular flexibility index (Phi) is 7.95. The highest BCUT2D eigenvalue weighted by Gasteiger charge is 2.22. The Morgan fingerprint density at radius 2 is 1.47 bits per heavy atom. The summed E-state index contributed by atoms with van der Waals surface area (Å²) < 4.78 is 12.2. The highest BCUT2D eigenvalue weighted by Crippen LogP contribution is 2.31. The van der Waals surface area contributed by atoms with E-state index in [0.717, 1.165) is 43.5 Å². The van der Waals surface area contributed by atoms with E-state index in [1.165, 1.54) is 40.7 Å². The smallest absolute Gasteiger partial charge is 0.127 e. The first-order chi connectivity index (χ1) is 16.4. The van der Waals surface area contributed by atoms with Crippen LogP contribution in [0.25, 0.3) is 0 Å². The third-order valence-electron chi connectivity index (χ3n) is 7.44. The summed E-state index contributed by atoms with van der Waals surface area (Å²) in [6, 6.07) is 20.8. The fourth-order valence-corrected chi connectivity index (χ4v) is 4.93. The Morgan fingerprint density at radius 3 is 2.15 bits per heavy atom. The van der Waals surface area contributed by atoms with Gasteiger partial charge in [0, 0.05) is 12.5 Å². The summed E-state index contributed by atoms with van der Waals surface area (Å²) in [7, 11) is 0. The van der Waals surface area contributed by atoms with Crippen LogP contribution in [0.15, 0.2) is 60.7 Å². The molecule has 0 bridgehead atoms. The zero-order valence-electron chi connectivity index (χ0n) is 21.4. The molecule has 0 radical (unpaired) electrons. The van der Waals surface area contributed by atoms with Crippen LogP contribution in [0.2, 0.25) is 0 Å². The van der Waals surface area contributed by atoms with Crippen molar-refractivity contribution in [3.8, 4) is 17.2 Å². The minimum Gasteiger partial charge on any atom is -0.493 e. The third kappa shape index (κ3) is 6.01. The van der Waals surface area contributed by atoms with Gasteiger partial charge in [0.15, 0.2) is 0 Å². The van der Waals surface area contributed by atoms with Crippen LogP contribution in [0, 0.1) is 33.6 Å². The average Bonchev–Trinajstić information content (AvgIpc) is 2.86. The maximum atomic E-state index is 6.26. The lowest BCUT2D eigenvalue weighted by molar-refractivity contribution is 0.156. The minimum atomic E-state index is 0.507. The van der Waals surface area contributed by atoms with Crippen molar-refractivity contribution in [2.45, 2.75) is 53.4 Å². The predicted molar refractivity (Wildman–Crippen MR) is 141 cm³/mol. The van der Waals surface area contributed by atoms with E-state index in [4.69, 9.17) is 9.47 Å². The number of piperidine rings is 1. The quantitative estimate of drug-likeness (QED) is 0.347. The molecule has 34 heavy (non-hydrogen) atoms. The average molecular weight is 458 g/mol. The van der Waals surface area contributed by atoms with Crippen molar-refractivity contribution in [1.82, 2.24) is 4.90 Å². The minimum absolute atomic E-state index is 0.507. The number of hydrogen-bond acceptors (Lipinski definition) is 3. The molecular weight excluding hydrogens is 418 g/mol. The van der Waals surface area contributed by atoms with Crippen molar-refractivity contribution in [3.63, 3.8) is 0 Å². The number of aryl methyl sites for hydroxylation is 1. The molecule has 3 aromatic rings. The molecule has 180 valence electrons. The fourth-order valence-electron chi connectivity index (χ4n) is 4.93. The van der Waals surface area contributed by atoms with Crippen molar-refractivity contribution in [2.75, 3.05) is 26.2 Å². The molecule has 1 fully saturated rings. The number of likely N-dealkylation sites (tertiary alicyclic amines) is 1. The molecule has 3 heteroatoms. The van der Waals surface area contributed by atoms with Crippen LogP contribution in [0.4, 0.5) is 0 Å². The number of hydrogen-bond donors (Lipinski definition) is 0. The van der Waals surface area contributed by atoms with E-state index >= 15 is 0 Å². The number of rotatable bonds is 8. The maximum Gasteiger partial charge on any atom is 0.127 e. The lowest BCUT2D eigenvalue weighted by Crippen LogP contribution is -2.37. The van der Waals surface area contributed by atoms with Crippen LogP contribution in [-0.2, 0) is 0 Å². The van der Waals surface area contributed by atoms with Crippen molar-refractivity contribution in [2.24, 2.45) is 5.92 Å². The summed E-state index contributed by atoms with van der Waals surface area (Å²) >= 11 is 0. The largest absolute Gasteiger partial charge is 0.493 e. The normalized spacial score (nSPS) is 15.8. The highest BCUT2D eigenvalue weighted by atomic mass is 16.5. The highest BCUT2D eigenvalue weighted by molar-refractivity contribution is 5.47. The predicted octanol–water partition coefficient (Wildman–Crippen LogP) is 7.61. The topological polar surface area (TPSA) is 21.7 Å². The molecule has 3 aromatic carbocycles. The SMILES string of the molecule is Cc1cc(OCC(C)CN2CCC(c3ccc(Oc4ccccc4)cc3)CC2)c(C)c(C)c1C. The zero-order valence-corrected chi connectivity index (χ0v) is 21.4. The van der Waals surface area contributed by atoms with Crippen molar-refractivity contribution < 1.29 is 9.47 Å². The summed E-state index contributed by atoms with van der Waals surface area (Å²) in [6.07, 6.45) is 2.42. The molecule has 1 atom stereocenters. The fraction of sp³-hybridized carbons (Fsp3) is 0.419. The Bertz CT molecular complexity index is 1070. The molecule has 1 aliphatic heterocycles. The molecule has 0 aliphatic carbocycles. The molecular formula is C31H39NO2. The first-order valence-electron chi connectivity index (χ1n) is 12.7. The summed E-state index contributed by atoms with van der Waals surface area (Å²) in [4.78, 5) is 2.61. The van der Waals surface area contributed by atoms with Gasteiger partial charge >= 0.3 is 0 Å². The van der Waals surface area contributed by atoms with Gasteiger partial charge in [-0.3, -0.25) is 0 Å². The van der Waals surface area contributed by atoms with Gasteiger partial charge < -0.3 is 14.4 Å². The van der Waals surface area contributed by atoms with Crippen LogP contribution in [0.5, 0.6) is 17.2 Å². The lowest BCUT2D eigenvalue weighted by Gasteiger charge is -2.33. The van der Waals surface area contributed by atoms with E-state index in [1.807, 2.05) is 30.3 Å². The molecule has 0 spiro atoms. The van der Waals surface area contributed by atoms with Crippen LogP contribution in [0.1, 0.15) is 53.5 Å². The molecule has 3 nitrogen and oxygen atoms in total. The number of benzene rings is 3. The molecule has 1 aliphatic rings. The first-order valence-corrected chi connectivity index (χ1v) is 12.7. The number of ether oxygens (including phenoxy) is 2. The van der Waals surface area contributed by atoms with Gasteiger partial charge in [-0.15, -0.1) is 0 Å². The molecule has 1 saturated heterocycles. The molecule has 0 amide bonds. The maximum absolute atomic E-state index is 6.26. The van der Waals surface area contributed by atoms with Gasteiger partial charge in [0.2, 0.25) is 0 Å². The molecule has 1 heterocycles. The summed E-state index contributed by atoms with van der Waals surface area (Å²) in [5.41, 5.74) is 6.74. The van der Waals surface area contributed by atoms with Crippen LogP contribution >= 0.6 is 0 Å². The molecule has 4 rings (SSSR count). The van der Waals surface area contributed by atoms with Gasteiger partial charge in [-0.25, -0.2) is 0 Å².